The Morgan fingerprint density at radius 1 is 1.12 bits per heavy atom. The largest absolute Gasteiger partial charge is 0.404 e. The highest BCUT2D eigenvalue weighted by atomic mass is 19.4. The molecule has 2 fully saturated rings. The van der Waals surface area contributed by atoms with E-state index in [9.17, 15) is 13.2 Å². The number of likely N-dealkylation sites (tertiary alicyclic amines) is 1. The van der Waals surface area contributed by atoms with Gasteiger partial charge in [0.25, 0.3) is 0 Å². The summed E-state index contributed by atoms with van der Waals surface area (Å²) in [5.41, 5.74) is 5.66. The molecule has 0 aromatic heterocycles. The minimum absolute atomic E-state index is 0.00266. The van der Waals surface area contributed by atoms with Crippen LogP contribution in [0.5, 0.6) is 0 Å². The number of hydrogen-bond acceptors (Lipinski definition) is 3. The van der Waals surface area contributed by atoms with Crippen LogP contribution in [0.4, 0.5) is 13.2 Å². The minimum Gasteiger partial charge on any atom is -0.381 e. The van der Waals surface area contributed by atoms with Gasteiger partial charge in [0, 0.05) is 31.8 Å². The summed E-state index contributed by atoms with van der Waals surface area (Å²) in [4.78, 5) is 1.60. The quantitative estimate of drug-likeness (QED) is 0.769. The van der Waals surface area contributed by atoms with Crippen LogP contribution in [0, 0.1) is 0 Å². The zero-order chi connectivity index (χ0) is 12.5. The summed E-state index contributed by atoms with van der Waals surface area (Å²) >= 11 is 0. The van der Waals surface area contributed by atoms with Crippen LogP contribution in [-0.4, -0.2) is 49.0 Å². The maximum atomic E-state index is 13.0. The Morgan fingerprint density at radius 3 is 2.35 bits per heavy atom. The summed E-state index contributed by atoms with van der Waals surface area (Å²) in [6.45, 7) is 1.59. The molecule has 0 aromatic rings. The van der Waals surface area contributed by atoms with Gasteiger partial charge in [0.15, 0.2) is 0 Å². The first-order valence-electron chi connectivity index (χ1n) is 6.14. The normalized spacial score (nSPS) is 33.9. The van der Waals surface area contributed by atoms with Gasteiger partial charge in [-0.2, -0.15) is 13.2 Å². The lowest BCUT2D eigenvalue weighted by Crippen LogP contribution is -2.58. The van der Waals surface area contributed by atoms with E-state index in [1.165, 1.54) is 0 Å². The molecule has 0 aliphatic carbocycles. The Morgan fingerprint density at radius 2 is 1.76 bits per heavy atom. The molecule has 0 unspecified atom stereocenters. The van der Waals surface area contributed by atoms with E-state index >= 15 is 0 Å². The van der Waals surface area contributed by atoms with Crippen molar-refractivity contribution in [2.75, 3.05) is 19.8 Å². The Hall–Kier alpha value is -0.330. The molecule has 0 bridgehead atoms. The predicted molar refractivity (Wildman–Crippen MR) is 57.6 cm³/mol. The second-order valence-electron chi connectivity index (χ2n) is 4.92. The smallest absolute Gasteiger partial charge is 0.381 e. The van der Waals surface area contributed by atoms with Crippen LogP contribution in [0.15, 0.2) is 0 Å². The number of halogens is 3. The Balaban J connectivity index is 2.06. The van der Waals surface area contributed by atoms with E-state index in [-0.39, 0.29) is 18.5 Å². The van der Waals surface area contributed by atoms with Crippen LogP contribution in [0.2, 0.25) is 0 Å². The average Bonchev–Trinajstić information content (AvgIpc) is 2.29. The summed E-state index contributed by atoms with van der Waals surface area (Å²) in [5.74, 6) is 0. The fraction of sp³-hybridized carbons (Fsp3) is 1.00. The number of nitrogens with two attached hydrogens (primary N) is 1. The summed E-state index contributed by atoms with van der Waals surface area (Å²) < 4.78 is 44.2. The predicted octanol–water partition coefficient (Wildman–Crippen LogP) is 1.52. The van der Waals surface area contributed by atoms with Crippen molar-refractivity contribution in [1.82, 2.24) is 4.90 Å². The maximum absolute atomic E-state index is 13.0. The molecule has 2 heterocycles. The average molecular weight is 252 g/mol. The first-order chi connectivity index (χ1) is 7.98. The standard InChI is InChI=1S/C11H19F3N2O/c12-11(13,14)10-7-8(15)1-4-16(10)9-2-5-17-6-3-9/h8-10H,1-7,15H2/t8-,10+/m1/s1. The van der Waals surface area contributed by atoms with Gasteiger partial charge in [-0.05, 0) is 25.7 Å². The molecule has 3 nitrogen and oxygen atoms in total. The number of rotatable bonds is 1. The highest BCUT2D eigenvalue weighted by Gasteiger charge is 2.48. The zero-order valence-electron chi connectivity index (χ0n) is 9.75. The van der Waals surface area contributed by atoms with E-state index in [0.717, 1.165) is 0 Å². The fourth-order valence-electron chi connectivity index (χ4n) is 2.79. The minimum atomic E-state index is -4.17. The summed E-state index contributed by atoms with van der Waals surface area (Å²) in [6, 6.07) is -1.69. The maximum Gasteiger partial charge on any atom is 0.404 e. The molecule has 100 valence electrons. The second-order valence-corrected chi connectivity index (χ2v) is 4.92. The van der Waals surface area contributed by atoms with E-state index in [1.54, 1.807) is 4.90 Å². The Labute approximate surface area is 99.1 Å². The monoisotopic (exact) mass is 252 g/mol. The van der Waals surface area contributed by atoms with E-state index in [1.807, 2.05) is 0 Å². The van der Waals surface area contributed by atoms with Crippen molar-refractivity contribution in [1.29, 1.82) is 0 Å². The number of nitrogens with zero attached hydrogens (tertiary/aromatic N) is 1. The number of hydrogen-bond donors (Lipinski definition) is 1. The van der Waals surface area contributed by atoms with Gasteiger partial charge in [-0.1, -0.05) is 0 Å². The summed E-state index contributed by atoms with van der Waals surface area (Å²) in [5, 5.41) is 0. The zero-order valence-corrected chi connectivity index (χ0v) is 9.75. The number of piperidine rings is 1. The molecule has 2 atom stereocenters. The lowest BCUT2D eigenvalue weighted by atomic mass is 9.93. The third-order valence-corrected chi connectivity index (χ3v) is 3.72. The molecule has 2 saturated heterocycles. The van der Waals surface area contributed by atoms with Crippen LogP contribution in [0.25, 0.3) is 0 Å². The molecule has 0 spiro atoms. The highest BCUT2D eigenvalue weighted by Crippen LogP contribution is 2.34. The molecule has 0 amide bonds. The third-order valence-electron chi connectivity index (χ3n) is 3.72. The van der Waals surface area contributed by atoms with Crippen LogP contribution in [0.1, 0.15) is 25.7 Å². The lowest BCUT2D eigenvalue weighted by Gasteiger charge is -2.44. The molecular formula is C11H19F3N2O. The van der Waals surface area contributed by atoms with Crippen molar-refractivity contribution in [3.63, 3.8) is 0 Å². The van der Waals surface area contributed by atoms with Crippen molar-refractivity contribution in [2.24, 2.45) is 5.73 Å². The molecular weight excluding hydrogens is 233 g/mol. The van der Waals surface area contributed by atoms with E-state index in [4.69, 9.17) is 10.5 Å². The van der Waals surface area contributed by atoms with Gasteiger partial charge in [0.05, 0.1) is 0 Å². The van der Waals surface area contributed by atoms with Crippen molar-refractivity contribution in [3.8, 4) is 0 Å². The number of alkyl halides is 3. The van der Waals surface area contributed by atoms with Gasteiger partial charge < -0.3 is 10.5 Å². The van der Waals surface area contributed by atoms with Crippen molar-refractivity contribution >= 4 is 0 Å². The number of ether oxygens (including phenoxy) is 1. The van der Waals surface area contributed by atoms with Gasteiger partial charge in [0.2, 0.25) is 0 Å². The van der Waals surface area contributed by atoms with E-state index in [0.29, 0.717) is 39.0 Å². The van der Waals surface area contributed by atoms with Crippen molar-refractivity contribution in [2.45, 2.75) is 50.0 Å². The van der Waals surface area contributed by atoms with Crippen molar-refractivity contribution in [3.05, 3.63) is 0 Å². The van der Waals surface area contributed by atoms with Gasteiger partial charge in [0.1, 0.15) is 6.04 Å². The summed E-state index contributed by atoms with van der Waals surface area (Å²) in [7, 11) is 0. The lowest BCUT2D eigenvalue weighted by molar-refractivity contribution is -0.202. The summed E-state index contributed by atoms with van der Waals surface area (Å²) in [6.07, 6.45) is -2.09. The van der Waals surface area contributed by atoms with Crippen LogP contribution >= 0.6 is 0 Å². The Kier molecular flexibility index (Phi) is 3.95. The van der Waals surface area contributed by atoms with Gasteiger partial charge in [-0.25, -0.2) is 0 Å². The molecule has 0 radical (unpaired) electrons. The van der Waals surface area contributed by atoms with E-state index < -0.39 is 12.2 Å². The Bertz CT molecular complexity index is 254. The van der Waals surface area contributed by atoms with Gasteiger partial charge in [-0.15, -0.1) is 0 Å². The van der Waals surface area contributed by atoms with Crippen molar-refractivity contribution < 1.29 is 17.9 Å². The molecule has 2 aliphatic rings. The molecule has 2 rings (SSSR count). The molecule has 0 saturated carbocycles. The molecule has 2 N–H and O–H groups in total. The van der Waals surface area contributed by atoms with Crippen LogP contribution in [-0.2, 0) is 4.74 Å². The SMILES string of the molecule is N[C@@H]1CCN(C2CCOCC2)[C@H](C(F)(F)F)C1. The first-order valence-corrected chi connectivity index (χ1v) is 6.14. The van der Waals surface area contributed by atoms with Crippen LogP contribution < -0.4 is 5.73 Å². The fourth-order valence-corrected chi connectivity index (χ4v) is 2.79. The van der Waals surface area contributed by atoms with Gasteiger partial charge in [-0.3, -0.25) is 4.90 Å². The third kappa shape index (κ3) is 3.11. The molecule has 6 heteroatoms. The van der Waals surface area contributed by atoms with E-state index in [2.05, 4.69) is 0 Å². The second kappa shape index (κ2) is 5.12. The molecule has 0 aromatic carbocycles. The first kappa shape index (κ1) is 13.1. The highest BCUT2D eigenvalue weighted by molar-refractivity contribution is 4.92. The molecule has 17 heavy (non-hydrogen) atoms. The topological polar surface area (TPSA) is 38.5 Å². The van der Waals surface area contributed by atoms with Gasteiger partial charge >= 0.3 is 6.18 Å². The molecule has 2 aliphatic heterocycles. The van der Waals surface area contributed by atoms with Crippen LogP contribution in [0.3, 0.4) is 0 Å².